The number of carboxylic acid groups (broad SMARTS) is 1. The Bertz CT molecular complexity index is 512. The lowest BCUT2D eigenvalue weighted by Gasteiger charge is -2.21. The Hall–Kier alpha value is -1.88. The maximum atomic E-state index is 11.4. The molecule has 1 saturated heterocycles. The van der Waals surface area contributed by atoms with E-state index in [2.05, 4.69) is 0 Å². The standard InChI is InChI=1S/C14H17NO4/c1-9-3-4-13(19-2)10(5-9)7-15-8-11(16)6-12(15)14(17)18/h3-5,12H,6-8H2,1-2H3,(H,17,18). The highest BCUT2D eigenvalue weighted by Gasteiger charge is 2.35. The Morgan fingerprint density at radius 2 is 2.26 bits per heavy atom. The summed E-state index contributed by atoms with van der Waals surface area (Å²) in [7, 11) is 1.58. The van der Waals surface area contributed by atoms with Crippen molar-refractivity contribution in [2.75, 3.05) is 13.7 Å². The summed E-state index contributed by atoms with van der Waals surface area (Å²) in [6, 6.07) is 5.03. The number of carboxylic acids is 1. The number of ether oxygens (including phenoxy) is 1. The quantitative estimate of drug-likeness (QED) is 0.885. The van der Waals surface area contributed by atoms with Gasteiger partial charge >= 0.3 is 5.97 Å². The van der Waals surface area contributed by atoms with Gasteiger partial charge in [-0.25, -0.2) is 0 Å². The molecule has 1 aliphatic heterocycles. The van der Waals surface area contributed by atoms with Crippen LogP contribution in [-0.2, 0) is 16.1 Å². The molecule has 1 heterocycles. The lowest BCUT2D eigenvalue weighted by Crippen LogP contribution is -2.35. The van der Waals surface area contributed by atoms with Crippen LogP contribution in [0.25, 0.3) is 0 Å². The Morgan fingerprint density at radius 1 is 1.53 bits per heavy atom. The fourth-order valence-corrected chi connectivity index (χ4v) is 2.41. The van der Waals surface area contributed by atoms with Gasteiger partial charge in [-0.05, 0) is 13.0 Å². The van der Waals surface area contributed by atoms with Crippen LogP contribution in [0.2, 0.25) is 0 Å². The molecular weight excluding hydrogens is 246 g/mol. The molecule has 1 aliphatic rings. The monoisotopic (exact) mass is 263 g/mol. The minimum absolute atomic E-state index is 0.0287. The van der Waals surface area contributed by atoms with Gasteiger partial charge in [0.2, 0.25) is 0 Å². The normalized spacial score (nSPS) is 19.7. The molecular formula is C14H17NO4. The fourth-order valence-electron chi connectivity index (χ4n) is 2.41. The molecule has 1 unspecified atom stereocenters. The van der Waals surface area contributed by atoms with Crippen LogP contribution in [0, 0.1) is 6.92 Å². The molecule has 5 heteroatoms. The first-order valence-corrected chi connectivity index (χ1v) is 6.13. The largest absolute Gasteiger partial charge is 0.496 e. The second-order valence-electron chi connectivity index (χ2n) is 4.82. The van der Waals surface area contributed by atoms with Gasteiger partial charge in [-0.1, -0.05) is 17.7 Å². The summed E-state index contributed by atoms with van der Waals surface area (Å²) < 4.78 is 5.27. The van der Waals surface area contributed by atoms with Gasteiger partial charge in [0, 0.05) is 18.5 Å². The van der Waals surface area contributed by atoms with Crippen LogP contribution in [0.5, 0.6) is 5.75 Å². The van der Waals surface area contributed by atoms with E-state index < -0.39 is 12.0 Å². The zero-order valence-corrected chi connectivity index (χ0v) is 11.0. The van der Waals surface area contributed by atoms with Gasteiger partial charge in [-0.15, -0.1) is 0 Å². The summed E-state index contributed by atoms with van der Waals surface area (Å²) in [4.78, 5) is 24.3. The predicted molar refractivity (Wildman–Crippen MR) is 69.2 cm³/mol. The number of hydrogen-bond acceptors (Lipinski definition) is 4. The lowest BCUT2D eigenvalue weighted by atomic mass is 10.1. The van der Waals surface area contributed by atoms with Crippen molar-refractivity contribution in [1.29, 1.82) is 0 Å². The van der Waals surface area contributed by atoms with E-state index in [0.29, 0.717) is 12.3 Å². The van der Waals surface area contributed by atoms with Crippen molar-refractivity contribution < 1.29 is 19.4 Å². The van der Waals surface area contributed by atoms with E-state index in [-0.39, 0.29) is 18.7 Å². The van der Waals surface area contributed by atoms with Crippen molar-refractivity contribution in [2.24, 2.45) is 0 Å². The van der Waals surface area contributed by atoms with E-state index in [4.69, 9.17) is 9.84 Å². The summed E-state index contributed by atoms with van der Waals surface area (Å²) in [6.07, 6.45) is 0.0868. The molecule has 19 heavy (non-hydrogen) atoms. The molecule has 102 valence electrons. The van der Waals surface area contributed by atoms with Gasteiger partial charge in [0.15, 0.2) is 0 Å². The van der Waals surface area contributed by atoms with E-state index in [9.17, 15) is 9.59 Å². The van der Waals surface area contributed by atoms with Gasteiger partial charge in [-0.3, -0.25) is 14.5 Å². The van der Waals surface area contributed by atoms with E-state index in [0.717, 1.165) is 11.1 Å². The first kappa shape index (κ1) is 13.5. The van der Waals surface area contributed by atoms with E-state index in [1.54, 1.807) is 12.0 Å². The molecule has 5 nitrogen and oxygen atoms in total. The van der Waals surface area contributed by atoms with Crippen molar-refractivity contribution in [3.8, 4) is 5.75 Å². The predicted octanol–water partition coefficient (Wildman–Crippen LogP) is 1.23. The number of carbonyl (C=O) groups excluding carboxylic acids is 1. The maximum Gasteiger partial charge on any atom is 0.321 e. The van der Waals surface area contributed by atoms with Gasteiger partial charge < -0.3 is 9.84 Å². The highest BCUT2D eigenvalue weighted by molar-refractivity contribution is 5.90. The molecule has 0 aromatic heterocycles. The molecule has 1 aromatic rings. The first-order valence-electron chi connectivity index (χ1n) is 6.13. The number of hydrogen-bond donors (Lipinski definition) is 1. The number of nitrogens with zero attached hydrogens (tertiary/aromatic N) is 1. The molecule has 2 rings (SSSR count). The van der Waals surface area contributed by atoms with Crippen LogP contribution in [0.4, 0.5) is 0 Å². The number of benzene rings is 1. The van der Waals surface area contributed by atoms with Gasteiger partial charge in [0.25, 0.3) is 0 Å². The molecule has 0 radical (unpaired) electrons. The number of ketones is 1. The highest BCUT2D eigenvalue weighted by atomic mass is 16.5. The van der Waals surface area contributed by atoms with Gasteiger partial charge in [0.1, 0.15) is 17.6 Å². The summed E-state index contributed by atoms with van der Waals surface area (Å²) in [5.41, 5.74) is 1.98. The number of aliphatic carboxylic acids is 1. The van der Waals surface area contributed by atoms with Gasteiger partial charge in [-0.2, -0.15) is 0 Å². The number of carbonyl (C=O) groups is 2. The third-order valence-corrected chi connectivity index (χ3v) is 3.34. The number of Topliss-reactive ketones (excluding diaryl/α,β-unsaturated/α-hetero) is 1. The second kappa shape index (κ2) is 5.40. The van der Waals surface area contributed by atoms with Gasteiger partial charge in [0.05, 0.1) is 13.7 Å². The van der Waals surface area contributed by atoms with Crippen molar-refractivity contribution >= 4 is 11.8 Å². The molecule has 0 amide bonds. The molecule has 1 N–H and O–H groups in total. The first-order chi connectivity index (χ1) is 9.01. The summed E-state index contributed by atoms with van der Waals surface area (Å²) in [6.45, 7) is 2.56. The van der Waals surface area contributed by atoms with Crippen molar-refractivity contribution in [3.05, 3.63) is 29.3 Å². The molecule has 1 fully saturated rings. The van der Waals surface area contributed by atoms with Crippen LogP contribution in [-0.4, -0.2) is 41.5 Å². The topological polar surface area (TPSA) is 66.8 Å². The van der Waals surface area contributed by atoms with Crippen molar-refractivity contribution in [3.63, 3.8) is 0 Å². The number of methoxy groups -OCH3 is 1. The van der Waals surface area contributed by atoms with E-state index in [1.165, 1.54) is 0 Å². The lowest BCUT2D eigenvalue weighted by molar-refractivity contribution is -0.142. The molecule has 0 bridgehead atoms. The zero-order chi connectivity index (χ0) is 14.0. The highest BCUT2D eigenvalue weighted by Crippen LogP contribution is 2.25. The zero-order valence-electron chi connectivity index (χ0n) is 11.0. The maximum absolute atomic E-state index is 11.4. The smallest absolute Gasteiger partial charge is 0.321 e. The third-order valence-electron chi connectivity index (χ3n) is 3.34. The minimum Gasteiger partial charge on any atom is -0.496 e. The molecule has 1 atom stereocenters. The Morgan fingerprint density at radius 3 is 2.89 bits per heavy atom. The van der Waals surface area contributed by atoms with Crippen molar-refractivity contribution in [2.45, 2.75) is 25.9 Å². The van der Waals surface area contributed by atoms with Crippen LogP contribution >= 0.6 is 0 Å². The number of likely N-dealkylation sites (tertiary alicyclic amines) is 1. The van der Waals surface area contributed by atoms with Crippen LogP contribution < -0.4 is 4.74 Å². The number of aryl methyl sites for hydroxylation is 1. The summed E-state index contributed by atoms with van der Waals surface area (Å²) in [5, 5.41) is 9.14. The Labute approximate surface area is 111 Å². The Kier molecular flexibility index (Phi) is 3.85. The van der Waals surface area contributed by atoms with Crippen molar-refractivity contribution in [1.82, 2.24) is 4.90 Å². The average Bonchev–Trinajstić information content (AvgIpc) is 2.71. The van der Waals surface area contributed by atoms with Crippen LogP contribution in [0.15, 0.2) is 18.2 Å². The average molecular weight is 263 g/mol. The van der Waals surface area contributed by atoms with E-state index in [1.807, 2.05) is 25.1 Å². The van der Waals surface area contributed by atoms with Crippen LogP contribution in [0.3, 0.4) is 0 Å². The SMILES string of the molecule is COc1ccc(C)cc1CN1CC(=O)CC1C(=O)O. The van der Waals surface area contributed by atoms with Crippen LogP contribution in [0.1, 0.15) is 17.5 Å². The minimum atomic E-state index is -0.947. The summed E-state index contributed by atoms with van der Waals surface area (Å²) in [5.74, 6) is -0.259. The molecule has 0 spiro atoms. The fraction of sp³-hybridized carbons (Fsp3) is 0.429. The summed E-state index contributed by atoms with van der Waals surface area (Å²) >= 11 is 0. The number of rotatable bonds is 4. The molecule has 0 aliphatic carbocycles. The molecule has 0 saturated carbocycles. The van der Waals surface area contributed by atoms with E-state index >= 15 is 0 Å². The Balaban J connectivity index is 2.22. The third kappa shape index (κ3) is 2.93. The molecule has 1 aromatic carbocycles. The second-order valence-corrected chi connectivity index (χ2v) is 4.82.